The summed E-state index contributed by atoms with van der Waals surface area (Å²) in [7, 11) is 0. The summed E-state index contributed by atoms with van der Waals surface area (Å²) in [5.41, 5.74) is 1.41. The predicted molar refractivity (Wildman–Crippen MR) is 144 cm³/mol. The first-order valence-corrected chi connectivity index (χ1v) is 12.6. The van der Waals surface area contributed by atoms with Crippen molar-refractivity contribution in [3.8, 4) is 11.5 Å². The normalized spacial score (nSPS) is 11.8. The lowest BCUT2D eigenvalue weighted by Crippen LogP contribution is -2.24. The Labute approximate surface area is 232 Å². The first kappa shape index (κ1) is 30.3. The summed E-state index contributed by atoms with van der Waals surface area (Å²) in [6, 6.07) is 9.67. The second-order valence-corrected chi connectivity index (χ2v) is 8.77. The van der Waals surface area contributed by atoms with Crippen molar-refractivity contribution in [2.45, 2.75) is 13.8 Å². The van der Waals surface area contributed by atoms with Crippen LogP contribution in [0.1, 0.15) is 45.7 Å². The Balaban J connectivity index is 1.55. The fourth-order valence-corrected chi connectivity index (χ4v) is 3.68. The molecule has 40 heavy (non-hydrogen) atoms. The van der Waals surface area contributed by atoms with Crippen LogP contribution < -0.4 is 9.47 Å². The molecular weight excluding hydrogens is 520 g/mol. The Morgan fingerprint density at radius 1 is 0.600 bits per heavy atom. The fraction of sp³-hybridized carbons (Fsp3) is 0.333. The largest absolute Gasteiger partial charge is 0.490 e. The van der Waals surface area contributed by atoms with Gasteiger partial charge in [0.2, 0.25) is 0 Å². The number of fused-ring (bicyclic) bond motifs is 2. The van der Waals surface area contributed by atoms with Crippen molar-refractivity contribution >= 4 is 23.5 Å². The highest BCUT2D eigenvalue weighted by Crippen LogP contribution is 2.37. The van der Waals surface area contributed by atoms with Gasteiger partial charge in [-0.2, -0.15) is 0 Å². The maximum atomic E-state index is 13.4. The Kier molecular flexibility index (Phi) is 11.2. The lowest BCUT2D eigenvalue weighted by atomic mass is 9.83. The van der Waals surface area contributed by atoms with Gasteiger partial charge in [-0.05, 0) is 26.0 Å². The van der Waals surface area contributed by atoms with E-state index >= 15 is 0 Å². The van der Waals surface area contributed by atoms with Crippen molar-refractivity contribution in [2.24, 2.45) is 0 Å². The van der Waals surface area contributed by atoms with E-state index in [0.29, 0.717) is 11.1 Å². The van der Waals surface area contributed by atoms with Crippen LogP contribution in [0.3, 0.4) is 0 Å². The molecule has 212 valence electrons. The molecule has 1 aliphatic carbocycles. The molecule has 0 aliphatic heterocycles. The van der Waals surface area contributed by atoms with Crippen LogP contribution in [0.4, 0.5) is 0 Å². The van der Waals surface area contributed by atoms with Crippen LogP contribution in [-0.4, -0.2) is 76.4 Å². The molecule has 0 N–H and O–H groups in total. The molecule has 0 spiro atoms. The van der Waals surface area contributed by atoms with E-state index < -0.39 is 11.9 Å². The van der Waals surface area contributed by atoms with Crippen molar-refractivity contribution in [3.63, 3.8) is 0 Å². The van der Waals surface area contributed by atoms with Crippen molar-refractivity contribution in [3.05, 3.63) is 83.0 Å². The third-order valence-electron chi connectivity index (χ3n) is 5.58. The number of ketones is 2. The number of carbonyl (C=O) groups is 4. The molecule has 2 aromatic rings. The number of carbonyl (C=O) groups excluding carboxylic acids is 4. The molecule has 0 atom stereocenters. The average Bonchev–Trinajstić information content (AvgIpc) is 2.94. The zero-order valence-electron chi connectivity index (χ0n) is 22.6. The molecule has 0 saturated carbocycles. The molecular formula is C30H32O10. The minimum Gasteiger partial charge on any atom is -0.490 e. The number of benzene rings is 2. The van der Waals surface area contributed by atoms with E-state index in [1.165, 1.54) is 0 Å². The summed E-state index contributed by atoms with van der Waals surface area (Å²) in [4.78, 5) is 49.6. The number of rotatable bonds is 16. The molecule has 0 aromatic heterocycles. The fourth-order valence-electron chi connectivity index (χ4n) is 3.68. The number of hydrogen-bond acceptors (Lipinski definition) is 10. The lowest BCUT2D eigenvalue weighted by Gasteiger charge is -2.22. The van der Waals surface area contributed by atoms with Gasteiger partial charge in [0, 0.05) is 22.3 Å². The Bertz CT molecular complexity index is 1190. The first-order valence-electron chi connectivity index (χ1n) is 12.6. The van der Waals surface area contributed by atoms with Gasteiger partial charge < -0.3 is 28.4 Å². The Hall–Kier alpha value is -4.28. The first-order chi connectivity index (χ1) is 19.2. The van der Waals surface area contributed by atoms with Crippen LogP contribution in [0.15, 0.2) is 60.7 Å². The van der Waals surface area contributed by atoms with Gasteiger partial charge in [0.15, 0.2) is 11.6 Å². The van der Waals surface area contributed by atoms with Crippen LogP contribution >= 0.6 is 0 Å². The van der Waals surface area contributed by atoms with Gasteiger partial charge in [0.25, 0.3) is 0 Å². The third-order valence-corrected chi connectivity index (χ3v) is 5.58. The predicted octanol–water partition coefficient (Wildman–Crippen LogP) is 3.49. The SMILES string of the molecule is C=C(C)C(=O)OCCOCCOc1cccc2c1C(=O)c1cccc(OCCOCCOC(=O)C(=C)C)c1C2=O. The second kappa shape index (κ2) is 14.8. The molecule has 10 heteroatoms. The maximum absolute atomic E-state index is 13.4. The van der Waals surface area contributed by atoms with Crippen molar-refractivity contribution in [2.75, 3.05) is 52.9 Å². The average molecular weight is 553 g/mol. The summed E-state index contributed by atoms with van der Waals surface area (Å²) in [6.07, 6.45) is 0. The maximum Gasteiger partial charge on any atom is 0.333 e. The van der Waals surface area contributed by atoms with Crippen LogP contribution in [0, 0.1) is 0 Å². The molecule has 0 radical (unpaired) electrons. The molecule has 0 amide bonds. The van der Waals surface area contributed by atoms with Crippen LogP contribution in [0.5, 0.6) is 11.5 Å². The van der Waals surface area contributed by atoms with Gasteiger partial charge in [-0.1, -0.05) is 37.4 Å². The van der Waals surface area contributed by atoms with Gasteiger partial charge in [0.1, 0.15) is 37.9 Å². The minimum atomic E-state index is -0.486. The van der Waals surface area contributed by atoms with E-state index in [-0.39, 0.29) is 98.2 Å². The molecule has 0 fully saturated rings. The monoisotopic (exact) mass is 552 g/mol. The summed E-state index contributed by atoms with van der Waals surface area (Å²) < 4.78 is 32.2. The molecule has 0 unspecified atom stereocenters. The van der Waals surface area contributed by atoms with E-state index in [1.54, 1.807) is 50.2 Å². The van der Waals surface area contributed by atoms with Crippen LogP contribution in [-0.2, 0) is 28.5 Å². The van der Waals surface area contributed by atoms with Crippen molar-refractivity contribution in [1.29, 1.82) is 0 Å². The van der Waals surface area contributed by atoms with Crippen LogP contribution in [0.25, 0.3) is 0 Å². The Morgan fingerprint density at radius 3 is 1.35 bits per heavy atom. The quantitative estimate of drug-likeness (QED) is 0.148. The molecule has 0 heterocycles. The highest BCUT2D eigenvalue weighted by molar-refractivity contribution is 6.30. The van der Waals surface area contributed by atoms with E-state index in [2.05, 4.69) is 13.2 Å². The number of esters is 2. The lowest BCUT2D eigenvalue weighted by molar-refractivity contribution is -0.141. The molecule has 0 saturated heterocycles. The van der Waals surface area contributed by atoms with E-state index in [4.69, 9.17) is 28.4 Å². The zero-order chi connectivity index (χ0) is 29.1. The summed E-state index contributed by atoms with van der Waals surface area (Å²) >= 11 is 0. The van der Waals surface area contributed by atoms with Gasteiger partial charge in [-0.25, -0.2) is 9.59 Å². The minimum absolute atomic E-state index is 0.0810. The molecule has 10 nitrogen and oxygen atoms in total. The summed E-state index contributed by atoms with van der Waals surface area (Å²) in [5, 5.41) is 0. The standard InChI is InChI=1S/C30H32O10/c1-19(2)29(33)39-17-13-35-11-15-37-23-9-5-7-21-25(23)27(31)22-8-6-10-24(26(22)28(21)32)38-16-12-36-14-18-40-30(34)20(3)4/h5-10H,1,3,11-18H2,2,4H3. The topological polar surface area (TPSA) is 124 Å². The van der Waals surface area contributed by atoms with Gasteiger partial charge >= 0.3 is 11.9 Å². The second-order valence-electron chi connectivity index (χ2n) is 8.77. The number of hydrogen-bond donors (Lipinski definition) is 0. The molecule has 1 aliphatic rings. The van der Waals surface area contributed by atoms with Crippen LogP contribution in [0.2, 0.25) is 0 Å². The van der Waals surface area contributed by atoms with Crippen molar-refractivity contribution < 1.29 is 47.6 Å². The highest BCUT2D eigenvalue weighted by atomic mass is 16.6. The summed E-state index contributed by atoms with van der Waals surface area (Å²) in [5.74, 6) is -1.14. The van der Waals surface area contributed by atoms with Gasteiger partial charge in [-0.3, -0.25) is 9.59 Å². The third kappa shape index (κ3) is 7.87. The van der Waals surface area contributed by atoms with E-state index in [9.17, 15) is 19.2 Å². The smallest absolute Gasteiger partial charge is 0.333 e. The van der Waals surface area contributed by atoms with E-state index in [0.717, 1.165) is 0 Å². The molecule has 2 aromatic carbocycles. The molecule has 3 rings (SSSR count). The Morgan fingerprint density at radius 2 is 0.975 bits per heavy atom. The van der Waals surface area contributed by atoms with Crippen molar-refractivity contribution in [1.82, 2.24) is 0 Å². The highest BCUT2D eigenvalue weighted by Gasteiger charge is 2.34. The number of ether oxygens (including phenoxy) is 6. The molecule has 0 bridgehead atoms. The van der Waals surface area contributed by atoms with Gasteiger partial charge in [-0.15, -0.1) is 0 Å². The van der Waals surface area contributed by atoms with E-state index in [1.807, 2.05) is 0 Å². The summed E-state index contributed by atoms with van der Waals surface area (Å²) in [6.45, 7) is 11.2. The zero-order valence-corrected chi connectivity index (χ0v) is 22.6. The van der Waals surface area contributed by atoms with Gasteiger partial charge in [0.05, 0.1) is 37.6 Å².